The summed E-state index contributed by atoms with van der Waals surface area (Å²) in [6.45, 7) is 12.6. The molecule has 0 aliphatic heterocycles. The van der Waals surface area contributed by atoms with Gasteiger partial charge in [0.2, 0.25) is 0 Å². The molecule has 0 radical (unpaired) electrons. The molecule has 0 atom stereocenters. The van der Waals surface area contributed by atoms with Crippen LogP contribution in [0.3, 0.4) is 0 Å². The van der Waals surface area contributed by atoms with Gasteiger partial charge in [-0.25, -0.2) is 9.97 Å². The van der Waals surface area contributed by atoms with E-state index in [4.69, 9.17) is 0 Å². The molecule has 0 amide bonds. The Morgan fingerprint density at radius 2 is 1.95 bits per heavy atom. The second-order valence-corrected chi connectivity index (χ2v) is 6.96. The van der Waals surface area contributed by atoms with Gasteiger partial charge >= 0.3 is 0 Å². The maximum atomic E-state index is 4.58. The summed E-state index contributed by atoms with van der Waals surface area (Å²) in [4.78, 5) is 11.3. The summed E-state index contributed by atoms with van der Waals surface area (Å²) in [7, 11) is 2.13. The quantitative estimate of drug-likeness (QED) is 0.842. The van der Waals surface area contributed by atoms with Gasteiger partial charge in [0.15, 0.2) is 0 Å². The molecule has 1 aromatic rings. The molecule has 1 rings (SSSR count). The first-order chi connectivity index (χ1) is 8.70. The fraction of sp³-hybridized carbons (Fsp3) is 0.714. The van der Waals surface area contributed by atoms with Crippen LogP contribution in [0.5, 0.6) is 0 Å². The molecule has 1 aromatic heterocycles. The molecule has 0 bridgehead atoms. The predicted molar refractivity (Wildman–Crippen MR) is 84.7 cm³/mol. The molecular formula is C14H25BrN4. The van der Waals surface area contributed by atoms with Gasteiger partial charge in [-0.3, -0.25) is 0 Å². The van der Waals surface area contributed by atoms with Gasteiger partial charge in [0.05, 0.1) is 0 Å². The van der Waals surface area contributed by atoms with Crippen LogP contribution in [0.4, 0.5) is 5.82 Å². The van der Waals surface area contributed by atoms with E-state index in [1.165, 1.54) is 0 Å². The lowest BCUT2D eigenvalue weighted by Crippen LogP contribution is -2.31. The van der Waals surface area contributed by atoms with E-state index in [-0.39, 0.29) is 5.41 Å². The lowest BCUT2D eigenvalue weighted by molar-refractivity contribution is 0.284. The smallest absolute Gasteiger partial charge is 0.137 e. The molecule has 0 unspecified atom stereocenters. The Morgan fingerprint density at radius 3 is 2.47 bits per heavy atom. The summed E-state index contributed by atoms with van der Waals surface area (Å²) in [5.41, 5.74) is -0.0467. The second-order valence-electron chi connectivity index (χ2n) is 6.15. The molecule has 0 aromatic carbocycles. The van der Waals surface area contributed by atoms with Gasteiger partial charge in [0.1, 0.15) is 16.2 Å². The molecule has 19 heavy (non-hydrogen) atoms. The normalized spacial score (nSPS) is 12.3. The topological polar surface area (TPSA) is 41.0 Å². The molecule has 1 heterocycles. The van der Waals surface area contributed by atoms with E-state index in [0.29, 0.717) is 6.04 Å². The van der Waals surface area contributed by atoms with Gasteiger partial charge in [-0.1, -0.05) is 20.8 Å². The zero-order valence-corrected chi connectivity index (χ0v) is 14.4. The highest BCUT2D eigenvalue weighted by molar-refractivity contribution is 9.10. The van der Waals surface area contributed by atoms with E-state index in [1.807, 2.05) is 6.07 Å². The number of nitrogens with zero attached hydrogens (tertiary/aromatic N) is 3. The van der Waals surface area contributed by atoms with Crippen molar-refractivity contribution in [3.63, 3.8) is 0 Å². The molecule has 0 saturated carbocycles. The highest BCUT2D eigenvalue weighted by Crippen LogP contribution is 2.22. The highest BCUT2D eigenvalue weighted by atomic mass is 79.9. The number of nitrogens with one attached hydrogen (secondary N) is 1. The van der Waals surface area contributed by atoms with Crippen molar-refractivity contribution in [3.05, 3.63) is 16.5 Å². The van der Waals surface area contributed by atoms with Crippen LogP contribution in [0.15, 0.2) is 10.7 Å². The van der Waals surface area contributed by atoms with E-state index in [0.717, 1.165) is 29.3 Å². The molecule has 0 saturated heterocycles. The predicted octanol–water partition coefficient (Wildman–Crippen LogP) is 3.29. The summed E-state index contributed by atoms with van der Waals surface area (Å²) in [5, 5.41) is 3.36. The minimum atomic E-state index is -0.0467. The summed E-state index contributed by atoms with van der Waals surface area (Å²) >= 11 is 3.45. The Kier molecular flexibility index (Phi) is 5.74. The molecule has 4 nitrogen and oxygen atoms in total. The number of aromatic nitrogens is 2. The van der Waals surface area contributed by atoms with E-state index in [2.05, 4.69) is 77.8 Å². The van der Waals surface area contributed by atoms with Crippen molar-refractivity contribution in [3.8, 4) is 0 Å². The van der Waals surface area contributed by atoms with Crippen molar-refractivity contribution in [2.45, 2.75) is 46.1 Å². The van der Waals surface area contributed by atoms with Crippen molar-refractivity contribution in [2.24, 2.45) is 0 Å². The summed E-state index contributed by atoms with van der Waals surface area (Å²) in [6.07, 6.45) is 0. The maximum absolute atomic E-state index is 4.58. The molecule has 0 spiro atoms. The monoisotopic (exact) mass is 328 g/mol. The van der Waals surface area contributed by atoms with E-state index >= 15 is 0 Å². The first-order valence-corrected chi connectivity index (χ1v) is 7.48. The SMILES string of the molecule is CC(C)N(C)CCNc1cc(Br)nc(C(C)(C)C)n1. The van der Waals surface area contributed by atoms with Crippen LogP contribution in [0.25, 0.3) is 0 Å². The number of halogens is 1. The Hall–Kier alpha value is -0.680. The Bertz CT molecular complexity index is 412. The molecule has 0 fully saturated rings. The Balaban J connectivity index is 2.67. The highest BCUT2D eigenvalue weighted by Gasteiger charge is 2.18. The van der Waals surface area contributed by atoms with Crippen molar-refractivity contribution in [2.75, 3.05) is 25.5 Å². The van der Waals surface area contributed by atoms with Gasteiger partial charge in [-0.2, -0.15) is 0 Å². The van der Waals surface area contributed by atoms with E-state index < -0.39 is 0 Å². The van der Waals surface area contributed by atoms with E-state index in [1.54, 1.807) is 0 Å². The van der Waals surface area contributed by atoms with Crippen molar-refractivity contribution >= 4 is 21.7 Å². The van der Waals surface area contributed by atoms with Crippen LogP contribution < -0.4 is 5.32 Å². The average Bonchev–Trinajstić information content (AvgIpc) is 2.26. The minimum absolute atomic E-state index is 0.0467. The minimum Gasteiger partial charge on any atom is -0.369 e. The second kappa shape index (κ2) is 6.66. The average molecular weight is 329 g/mol. The zero-order chi connectivity index (χ0) is 14.6. The van der Waals surface area contributed by atoms with Crippen LogP contribution in [0.1, 0.15) is 40.4 Å². The molecule has 1 N–H and O–H groups in total. The number of hydrogen-bond donors (Lipinski definition) is 1. The fourth-order valence-electron chi connectivity index (χ4n) is 1.46. The number of likely N-dealkylation sites (N-methyl/N-ethyl adjacent to an activating group) is 1. The van der Waals surface area contributed by atoms with Gasteiger partial charge in [0, 0.05) is 30.6 Å². The Labute approximate surface area is 125 Å². The zero-order valence-electron chi connectivity index (χ0n) is 12.8. The molecular weight excluding hydrogens is 304 g/mol. The number of anilines is 1. The van der Waals surface area contributed by atoms with Crippen LogP contribution in [-0.4, -0.2) is 41.0 Å². The van der Waals surface area contributed by atoms with Gasteiger partial charge in [-0.15, -0.1) is 0 Å². The molecule has 0 aliphatic carbocycles. The van der Waals surface area contributed by atoms with Crippen molar-refractivity contribution < 1.29 is 0 Å². The lowest BCUT2D eigenvalue weighted by Gasteiger charge is -2.22. The number of hydrogen-bond acceptors (Lipinski definition) is 4. The third-order valence-electron chi connectivity index (χ3n) is 3.02. The Morgan fingerprint density at radius 1 is 1.32 bits per heavy atom. The van der Waals surface area contributed by atoms with E-state index in [9.17, 15) is 0 Å². The standard InChI is InChI=1S/C14H25BrN4/c1-10(2)19(6)8-7-16-12-9-11(15)17-13(18-12)14(3,4)5/h9-10H,7-8H2,1-6H3,(H,16,17,18). The largest absolute Gasteiger partial charge is 0.369 e. The lowest BCUT2D eigenvalue weighted by atomic mass is 9.96. The van der Waals surface area contributed by atoms with Crippen LogP contribution in [-0.2, 0) is 5.41 Å². The molecule has 108 valence electrons. The summed E-state index contributed by atoms with van der Waals surface area (Å²) in [6, 6.07) is 2.48. The van der Waals surface area contributed by atoms with Crippen LogP contribution in [0.2, 0.25) is 0 Å². The summed E-state index contributed by atoms with van der Waals surface area (Å²) < 4.78 is 0.826. The molecule has 0 aliphatic rings. The summed E-state index contributed by atoms with van der Waals surface area (Å²) in [5.74, 6) is 1.73. The van der Waals surface area contributed by atoms with Gasteiger partial charge < -0.3 is 10.2 Å². The first-order valence-electron chi connectivity index (χ1n) is 6.69. The van der Waals surface area contributed by atoms with Gasteiger partial charge in [-0.05, 0) is 36.8 Å². The first kappa shape index (κ1) is 16.4. The van der Waals surface area contributed by atoms with Crippen LogP contribution in [0, 0.1) is 0 Å². The fourth-order valence-corrected chi connectivity index (χ4v) is 1.85. The van der Waals surface area contributed by atoms with Gasteiger partial charge in [0.25, 0.3) is 0 Å². The third-order valence-corrected chi connectivity index (χ3v) is 3.42. The van der Waals surface area contributed by atoms with Crippen molar-refractivity contribution in [1.29, 1.82) is 0 Å². The third kappa shape index (κ3) is 5.45. The van der Waals surface area contributed by atoms with Crippen molar-refractivity contribution in [1.82, 2.24) is 14.9 Å². The maximum Gasteiger partial charge on any atom is 0.137 e. The van der Waals surface area contributed by atoms with Crippen LogP contribution >= 0.6 is 15.9 Å². The number of rotatable bonds is 5. The molecule has 5 heteroatoms.